The van der Waals surface area contributed by atoms with Gasteiger partial charge in [-0.2, -0.15) is 5.26 Å². The largest absolute Gasteiger partial charge is 0.493 e. The number of carbonyl (C=O) groups is 2. The summed E-state index contributed by atoms with van der Waals surface area (Å²) in [6.07, 6.45) is 2.02. The van der Waals surface area contributed by atoms with Gasteiger partial charge in [-0.15, -0.1) is 0 Å². The highest BCUT2D eigenvalue weighted by molar-refractivity contribution is 6.31. The minimum absolute atomic E-state index is 0.138. The molecule has 1 saturated carbocycles. The van der Waals surface area contributed by atoms with Gasteiger partial charge in [-0.1, -0.05) is 11.6 Å². The number of aryl methyl sites for hydroxylation is 1. The predicted octanol–water partition coefficient (Wildman–Crippen LogP) is 3.23. The average Bonchev–Trinajstić information content (AvgIpc) is 3.65. The van der Waals surface area contributed by atoms with Gasteiger partial charge in [0, 0.05) is 50.8 Å². The van der Waals surface area contributed by atoms with Crippen molar-refractivity contribution in [2.24, 2.45) is 17.8 Å². The Morgan fingerprint density at radius 2 is 1.90 bits per heavy atom. The summed E-state index contributed by atoms with van der Waals surface area (Å²) in [4.78, 5) is 53.4. The van der Waals surface area contributed by atoms with E-state index in [1.165, 1.54) is 11.5 Å². The second-order valence-electron chi connectivity index (χ2n) is 10.5. The summed E-state index contributed by atoms with van der Waals surface area (Å²) in [5.74, 6) is -0.465. The number of aromatic nitrogens is 2. The molecular formula is C29H30ClN5O5. The highest BCUT2D eigenvalue weighted by atomic mass is 35.5. The van der Waals surface area contributed by atoms with Crippen LogP contribution in [0.1, 0.15) is 32.3 Å². The lowest BCUT2D eigenvalue weighted by atomic mass is 9.96. The van der Waals surface area contributed by atoms with E-state index in [2.05, 4.69) is 5.32 Å². The monoisotopic (exact) mass is 563 g/mol. The molecule has 1 saturated heterocycles. The Labute approximate surface area is 235 Å². The number of nitrogens with one attached hydrogen (secondary N) is 1. The number of rotatable bonds is 8. The molecule has 1 aromatic heterocycles. The molecule has 10 nitrogen and oxygen atoms in total. The third kappa shape index (κ3) is 5.47. The molecule has 40 heavy (non-hydrogen) atoms. The van der Waals surface area contributed by atoms with Crippen LogP contribution in [0.15, 0.2) is 46.0 Å². The number of benzene rings is 2. The van der Waals surface area contributed by atoms with E-state index < -0.39 is 5.92 Å². The molecule has 11 heteroatoms. The van der Waals surface area contributed by atoms with Crippen molar-refractivity contribution in [1.29, 1.82) is 5.26 Å². The Hall–Kier alpha value is -4.10. The average molecular weight is 564 g/mol. The van der Waals surface area contributed by atoms with Gasteiger partial charge in [-0.25, -0.2) is 4.79 Å². The van der Waals surface area contributed by atoms with Crippen LogP contribution in [-0.4, -0.2) is 45.5 Å². The van der Waals surface area contributed by atoms with Crippen LogP contribution in [0.4, 0.5) is 5.69 Å². The van der Waals surface area contributed by atoms with Crippen molar-refractivity contribution in [3.63, 3.8) is 0 Å². The minimum Gasteiger partial charge on any atom is -0.493 e. The highest BCUT2D eigenvalue weighted by Gasteiger charge is 2.39. The number of carbonyl (C=O) groups excluding carboxylic acids is 2. The maximum Gasteiger partial charge on any atom is 0.331 e. The van der Waals surface area contributed by atoms with Crippen LogP contribution in [0.5, 0.6) is 5.75 Å². The fourth-order valence-electron chi connectivity index (χ4n) is 5.24. The number of hydrogen-bond donors (Lipinski definition) is 1. The van der Waals surface area contributed by atoms with Crippen molar-refractivity contribution in [1.82, 2.24) is 14.0 Å². The molecule has 2 heterocycles. The minimum atomic E-state index is -0.551. The molecule has 208 valence electrons. The van der Waals surface area contributed by atoms with E-state index in [9.17, 15) is 19.2 Å². The number of hydrogen-bond acceptors (Lipinski definition) is 6. The van der Waals surface area contributed by atoms with E-state index in [1.54, 1.807) is 45.9 Å². The molecule has 2 fully saturated rings. The van der Waals surface area contributed by atoms with Crippen molar-refractivity contribution in [2.75, 3.05) is 25.0 Å². The van der Waals surface area contributed by atoms with E-state index in [-0.39, 0.29) is 47.2 Å². The number of halogens is 1. The Kier molecular flexibility index (Phi) is 7.68. The first kappa shape index (κ1) is 27.5. The maximum absolute atomic E-state index is 13.5. The number of anilines is 1. The van der Waals surface area contributed by atoms with E-state index >= 15 is 0 Å². The second kappa shape index (κ2) is 11.2. The summed E-state index contributed by atoms with van der Waals surface area (Å²) >= 11 is 6.11. The quantitative estimate of drug-likeness (QED) is 0.448. The van der Waals surface area contributed by atoms with Crippen LogP contribution in [0.2, 0.25) is 5.02 Å². The maximum atomic E-state index is 13.5. The van der Waals surface area contributed by atoms with Gasteiger partial charge in [0.05, 0.1) is 34.0 Å². The number of ether oxygens (including phenoxy) is 1. The molecule has 0 radical (unpaired) electrons. The predicted molar refractivity (Wildman–Crippen MR) is 150 cm³/mol. The lowest BCUT2D eigenvalue weighted by Crippen LogP contribution is -2.40. The smallest absolute Gasteiger partial charge is 0.331 e. The van der Waals surface area contributed by atoms with Crippen LogP contribution in [0, 0.1) is 29.1 Å². The fraction of sp³-hybridized carbons (Fsp3) is 0.414. The van der Waals surface area contributed by atoms with Gasteiger partial charge >= 0.3 is 5.69 Å². The molecule has 0 spiro atoms. The normalized spacial score (nSPS) is 18.5. The van der Waals surface area contributed by atoms with Crippen molar-refractivity contribution >= 4 is 40.0 Å². The van der Waals surface area contributed by atoms with Gasteiger partial charge in [0.15, 0.2) is 0 Å². The van der Waals surface area contributed by atoms with Gasteiger partial charge in [-0.05, 0) is 56.0 Å². The summed E-state index contributed by atoms with van der Waals surface area (Å²) in [5.41, 5.74) is 0.627. The molecule has 5 rings (SSSR count). The zero-order chi connectivity index (χ0) is 28.6. The van der Waals surface area contributed by atoms with Crippen molar-refractivity contribution in [3.8, 4) is 11.8 Å². The summed E-state index contributed by atoms with van der Waals surface area (Å²) in [6, 6.07) is 11.7. The van der Waals surface area contributed by atoms with Crippen molar-refractivity contribution < 1.29 is 14.3 Å². The Morgan fingerprint density at radius 1 is 1.12 bits per heavy atom. The third-order valence-electron chi connectivity index (χ3n) is 7.69. The van der Waals surface area contributed by atoms with Crippen LogP contribution in [0.3, 0.4) is 0 Å². The Morgan fingerprint density at radius 3 is 2.55 bits per heavy atom. The Bertz CT molecular complexity index is 1650. The molecule has 1 aliphatic carbocycles. The van der Waals surface area contributed by atoms with Gasteiger partial charge in [0.1, 0.15) is 11.8 Å². The molecule has 1 N–H and O–H groups in total. The molecule has 2 aliphatic rings. The summed E-state index contributed by atoms with van der Waals surface area (Å²) < 4.78 is 8.78. The van der Waals surface area contributed by atoms with E-state index in [0.29, 0.717) is 53.5 Å². The van der Waals surface area contributed by atoms with Crippen molar-refractivity contribution in [2.45, 2.75) is 39.8 Å². The van der Waals surface area contributed by atoms with E-state index in [0.717, 1.165) is 12.8 Å². The second-order valence-corrected chi connectivity index (χ2v) is 10.9. The highest BCUT2D eigenvalue weighted by Crippen LogP contribution is 2.30. The lowest BCUT2D eigenvalue weighted by molar-refractivity contribution is -0.128. The fourth-order valence-corrected chi connectivity index (χ4v) is 5.45. The SMILES string of the molecule is CCn1c(=O)n(CC2CC2)c(=O)c2cc(NC(=O)[C@H]3CN(C(C)=O)C[C@@H]3COc3ccc(C#N)c(Cl)c3)ccc21. The van der Waals surface area contributed by atoms with Crippen LogP contribution >= 0.6 is 11.6 Å². The first-order valence-corrected chi connectivity index (χ1v) is 13.7. The number of fused-ring (bicyclic) bond motifs is 1. The van der Waals surface area contributed by atoms with Crippen molar-refractivity contribution in [3.05, 3.63) is 67.8 Å². The first-order chi connectivity index (χ1) is 19.2. The first-order valence-electron chi connectivity index (χ1n) is 13.4. The van der Waals surface area contributed by atoms with Crippen LogP contribution < -0.4 is 21.3 Å². The summed E-state index contributed by atoms with van der Waals surface area (Å²) in [6.45, 7) is 4.89. The Balaban J connectivity index is 1.38. The van der Waals surface area contributed by atoms with Gasteiger partial charge in [0.25, 0.3) is 5.56 Å². The number of nitrogens with zero attached hydrogens (tertiary/aromatic N) is 4. The number of amides is 2. The standard InChI is InChI=1S/C29H30ClN5O5/c1-3-34-26-9-7-21(10-23(26)28(38)35(29(34)39)13-18-4-5-18)32-27(37)24-15-33(17(2)36)14-20(24)16-40-22-8-6-19(12-31)25(30)11-22/h6-11,18,20,24H,3-5,13-16H2,1-2H3,(H,32,37)/t20-,24+/m1/s1. The summed E-state index contributed by atoms with van der Waals surface area (Å²) in [7, 11) is 0. The van der Waals surface area contributed by atoms with Gasteiger partial charge in [0.2, 0.25) is 11.8 Å². The number of nitriles is 1. The number of likely N-dealkylation sites (tertiary alicyclic amines) is 1. The summed E-state index contributed by atoms with van der Waals surface area (Å²) in [5, 5.41) is 12.6. The zero-order valence-corrected chi connectivity index (χ0v) is 23.1. The third-order valence-corrected chi connectivity index (χ3v) is 8.01. The van der Waals surface area contributed by atoms with E-state index in [4.69, 9.17) is 21.6 Å². The zero-order valence-electron chi connectivity index (χ0n) is 22.4. The molecule has 3 aromatic rings. The van der Waals surface area contributed by atoms with E-state index in [1.807, 2.05) is 13.0 Å². The molecule has 1 aliphatic heterocycles. The molecule has 0 bridgehead atoms. The van der Waals surface area contributed by atoms with Crippen LogP contribution in [0.25, 0.3) is 10.9 Å². The molecule has 2 aromatic carbocycles. The molecule has 2 atom stereocenters. The topological polar surface area (TPSA) is 126 Å². The molecular weight excluding hydrogens is 534 g/mol. The van der Waals surface area contributed by atoms with Gasteiger partial charge in [-0.3, -0.25) is 23.5 Å². The lowest BCUT2D eigenvalue weighted by Gasteiger charge is -2.19. The molecule has 2 amide bonds. The van der Waals surface area contributed by atoms with Gasteiger partial charge < -0.3 is 15.0 Å². The molecule has 0 unspecified atom stereocenters. The van der Waals surface area contributed by atoms with Crippen LogP contribution in [-0.2, 0) is 22.7 Å².